The zero-order valence-electron chi connectivity index (χ0n) is 11.9. The molecule has 0 aliphatic carbocycles. The number of pyridine rings is 1. The lowest BCUT2D eigenvalue weighted by molar-refractivity contribution is 0.179. The number of hydrogen-bond acceptors (Lipinski definition) is 4. The highest BCUT2D eigenvalue weighted by atomic mass is 16.5. The molecule has 1 heterocycles. The number of aromatic nitrogens is 1. The predicted molar refractivity (Wildman–Crippen MR) is 75.5 cm³/mol. The van der Waals surface area contributed by atoms with Gasteiger partial charge in [-0.25, -0.2) is 4.98 Å². The minimum absolute atomic E-state index is 0.199. The molecular weight excluding hydrogens is 244 g/mol. The third-order valence-corrected chi connectivity index (χ3v) is 2.49. The van der Waals surface area contributed by atoms with E-state index in [4.69, 9.17) is 9.47 Å². The molecule has 1 unspecified atom stereocenters. The summed E-state index contributed by atoms with van der Waals surface area (Å²) in [7, 11) is 5.02. The molecule has 6 heteroatoms. The third kappa shape index (κ3) is 5.56. The van der Waals surface area contributed by atoms with Gasteiger partial charge < -0.3 is 20.1 Å². The lowest BCUT2D eigenvalue weighted by atomic mass is 10.3. The lowest BCUT2D eigenvalue weighted by Gasteiger charge is -2.17. The van der Waals surface area contributed by atoms with E-state index in [1.807, 2.05) is 19.1 Å². The van der Waals surface area contributed by atoms with Gasteiger partial charge in [-0.15, -0.1) is 0 Å². The second-order valence-electron chi connectivity index (χ2n) is 4.14. The largest absolute Gasteiger partial charge is 0.481 e. The molecule has 0 bridgehead atoms. The quantitative estimate of drug-likeness (QED) is 0.588. The second kappa shape index (κ2) is 8.31. The molecule has 0 saturated carbocycles. The minimum Gasteiger partial charge on any atom is -0.481 e. The molecule has 0 aliphatic heterocycles. The first-order valence-electron chi connectivity index (χ1n) is 6.14. The SMILES string of the molecule is CN=C(NCc1ccc(OC)nc1)NC(C)COC. The van der Waals surface area contributed by atoms with Crippen molar-refractivity contribution >= 4 is 5.96 Å². The number of ether oxygens (including phenoxy) is 2. The van der Waals surface area contributed by atoms with Crippen LogP contribution in [0.25, 0.3) is 0 Å². The Morgan fingerprint density at radius 2 is 2.21 bits per heavy atom. The van der Waals surface area contributed by atoms with Gasteiger partial charge in [0, 0.05) is 39.0 Å². The van der Waals surface area contributed by atoms with E-state index in [0.29, 0.717) is 19.0 Å². The molecular formula is C13H22N4O2. The van der Waals surface area contributed by atoms with Crippen LogP contribution in [0, 0.1) is 0 Å². The molecule has 0 aromatic carbocycles. The van der Waals surface area contributed by atoms with E-state index >= 15 is 0 Å². The Labute approximate surface area is 114 Å². The van der Waals surface area contributed by atoms with E-state index in [9.17, 15) is 0 Å². The molecule has 0 fully saturated rings. The van der Waals surface area contributed by atoms with Gasteiger partial charge in [0.15, 0.2) is 5.96 Å². The minimum atomic E-state index is 0.199. The number of aliphatic imine (C=N–C) groups is 1. The first-order chi connectivity index (χ1) is 9.19. The van der Waals surface area contributed by atoms with Gasteiger partial charge in [-0.1, -0.05) is 6.07 Å². The Morgan fingerprint density at radius 3 is 2.74 bits per heavy atom. The summed E-state index contributed by atoms with van der Waals surface area (Å²) >= 11 is 0. The fourth-order valence-electron chi connectivity index (χ4n) is 1.54. The van der Waals surface area contributed by atoms with Crippen LogP contribution >= 0.6 is 0 Å². The number of hydrogen-bond donors (Lipinski definition) is 2. The summed E-state index contributed by atoms with van der Waals surface area (Å²) in [4.78, 5) is 8.30. The van der Waals surface area contributed by atoms with Gasteiger partial charge >= 0.3 is 0 Å². The molecule has 1 atom stereocenters. The summed E-state index contributed by atoms with van der Waals surface area (Å²) < 4.78 is 10.1. The van der Waals surface area contributed by atoms with Crippen molar-refractivity contribution in [3.05, 3.63) is 23.9 Å². The zero-order valence-corrected chi connectivity index (χ0v) is 11.9. The number of nitrogens with zero attached hydrogens (tertiary/aromatic N) is 2. The normalized spacial score (nSPS) is 12.9. The average Bonchev–Trinajstić information content (AvgIpc) is 2.44. The highest BCUT2D eigenvalue weighted by Gasteiger charge is 2.04. The Bertz CT molecular complexity index is 392. The Hall–Kier alpha value is -1.82. The van der Waals surface area contributed by atoms with Crippen molar-refractivity contribution in [3.63, 3.8) is 0 Å². The highest BCUT2D eigenvalue weighted by Crippen LogP contribution is 2.06. The van der Waals surface area contributed by atoms with Gasteiger partial charge in [0.2, 0.25) is 5.88 Å². The van der Waals surface area contributed by atoms with E-state index in [1.165, 1.54) is 0 Å². The molecule has 106 valence electrons. The first kappa shape index (κ1) is 15.2. The van der Waals surface area contributed by atoms with Crippen LogP contribution in [0.3, 0.4) is 0 Å². The summed E-state index contributed by atoms with van der Waals surface area (Å²) in [6.07, 6.45) is 1.78. The summed E-state index contributed by atoms with van der Waals surface area (Å²) in [6.45, 7) is 3.31. The zero-order chi connectivity index (χ0) is 14.1. The van der Waals surface area contributed by atoms with Crippen LogP contribution in [0.1, 0.15) is 12.5 Å². The summed E-state index contributed by atoms with van der Waals surface area (Å²) in [6, 6.07) is 4.00. The molecule has 0 spiro atoms. The van der Waals surface area contributed by atoms with E-state index in [-0.39, 0.29) is 6.04 Å². The fraction of sp³-hybridized carbons (Fsp3) is 0.538. The van der Waals surface area contributed by atoms with Gasteiger partial charge in [0.05, 0.1) is 13.7 Å². The maximum absolute atomic E-state index is 5.07. The van der Waals surface area contributed by atoms with Crippen molar-refractivity contribution in [3.8, 4) is 5.88 Å². The average molecular weight is 266 g/mol. The van der Waals surface area contributed by atoms with Gasteiger partial charge in [-0.2, -0.15) is 0 Å². The molecule has 2 N–H and O–H groups in total. The van der Waals surface area contributed by atoms with Gasteiger partial charge in [-0.3, -0.25) is 4.99 Å². The smallest absolute Gasteiger partial charge is 0.212 e. The van der Waals surface area contributed by atoms with Crippen LogP contribution in [0.5, 0.6) is 5.88 Å². The molecule has 19 heavy (non-hydrogen) atoms. The van der Waals surface area contributed by atoms with Gasteiger partial charge in [0.25, 0.3) is 0 Å². The standard InChI is InChI=1S/C13H22N4O2/c1-10(9-18-3)17-13(14-2)16-8-11-5-6-12(19-4)15-7-11/h5-7,10H,8-9H2,1-4H3,(H2,14,16,17). The fourth-order valence-corrected chi connectivity index (χ4v) is 1.54. The summed E-state index contributed by atoms with van der Waals surface area (Å²) in [5.41, 5.74) is 1.06. The number of methoxy groups -OCH3 is 2. The molecule has 1 aromatic heterocycles. The predicted octanol–water partition coefficient (Wildman–Crippen LogP) is 0.790. The topological polar surface area (TPSA) is 67.8 Å². The monoisotopic (exact) mass is 266 g/mol. The molecule has 6 nitrogen and oxygen atoms in total. The number of guanidine groups is 1. The molecule has 1 rings (SSSR count). The Morgan fingerprint density at radius 1 is 1.42 bits per heavy atom. The van der Waals surface area contributed by atoms with Gasteiger partial charge in [-0.05, 0) is 12.5 Å². The van der Waals surface area contributed by atoms with E-state index in [1.54, 1.807) is 27.5 Å². The van der Waals surface area contributed by atoms with Crippen LogP contribution in [-0.4, -0.2) is 44.9 Å². The summed E-state index contributed by atoms with van der Waals surface area (Å²) in [5, 5.41) is 6.44. The van der Waals surface area contributed by atoms with E-state index < -0.39 is 0 Å². The molecule has 0 radical (unpaired) electrons. The van der Waals surface area contributed by atoms with Crippen LogP contribution in [0.15, 0.2) is 23.3 Å². The van der Waals surface area contributed by atoms with Crippen molar-refractivity contribution in [2.45, 2.75) is 19.5 Å². The van der Waals surface area contributed by atoms with Crippen LogP contribution in [0.2, 0.25) is 0 Å². The highest BCUT2D eigenvalue weighted by molar-refractivity contribution is 5.79. The van der Waals surface area contributed by atoms with Crippen LogP contribution < -0.4 is 15.4 Å². The third-order valence-electron chi connectivity index (χ3n) is 2.49. The lowest BCUT2D eigenvalue weighted by Crippen LogP contribution is -2.43. The number of rotatable bonds is 6. The number of nitrogens with one attached hydrogen (secondary N) is 2. The van der Waals surface area contributed by atoms with E-state index in [2.05, 4.69) is 20.6 Å². The maximum Gasteiger partial charge on any atom is 0.212 e. The van der Waals surface area contributed by atoms with Crippen molar-refractivity contribution in [1.82, 2.24) is 15.6 Å². The molecule has 1 aromatic rings. The van der Waals surface area contributed by atoms with E-state index in [0.717, 1.165) is 11.5 Å². The molecule has 0 saturated heterocycles. The van der Waals surface area contributed by atoms with Crippen molar-refractivity contribution in [1.29, 1.82) is 0 Å². The summed E-state index contributed by atoms with van der Waals surface area (Å²) in [5.74, 6) is 1.35. The van der Waals surface area contributed by atoms with Crippen molar-refractivity contribution in [2.75, 3.05) is 27.9 Å². The Kier molecular flexibility index (Phi) is 6.67. The van der Waals surface area contributed by atoms with Crippen molar-refractivity contribution < 1.29 is 9.47 Å². The molecule has 0 amide bonds. The molecule has 0 aliphatic rings. The maximum atomic E-state index is 5.07. The van der Waals surface area contributed by atoms with Crippen LogP contribution in [0.4, 0.5) is 0 Å². The second-order valence-corrected chi connectivity index (χ2v) is 4.14. The van der Waals surface area contributed by atoms with Crippen molar-refractivity contribution in [2.24, 2.45) is 4.99 Å². The van der Waals surface area contributed by atoms with Gasteiger partial charge in [0.1, 0.15) is 0 Å². The Balaban J connectivity index is 2.44. The van der Waals surface area contributed by atoms with Crippen LogP contribution in [-0.2, 0) is 11.3 Å². The first-order valence-corrected chi connectivity index (χ1v) is 6.14.